The Labute approximate surface area is 79.7 Å². The van der Waals surface area contributed by atoms with Crippen molar-refractivity contribution in [2.24, 2.45) is 0 Å². The molecule has 0 aliphatic carbocycles. The molecule has 1 rings (SSSR count). The van der Waals surface area contributed by atoms with E-state index in [4.69, 9.17) is 0 Å². The Bertz CT molecular complexity index is 82.4. The minimum absolute atomic E-state index is 0.00347. The molecule has 0 aromatic rings. The van der Waals surface area contributed by atoms with Gasteiger partial charge in [0.2, 0.25) is 0 Å². The summed E-state index contributed by atoms with van der Waals surface area (Å²) in [5, 5.41) is 0. The van der Waals surface area contributed by atoms with Crippen LogP contribution in [0.5, 0.6) is 0 Å². The first-order valence-corrected chi connectivity index (χ1v) is 38.6. The van der Waals surface area contributed by atoms with Gasteiger partial charge in [-0.2, -0.15) is 0 Å². The van der Waals surface area contributed by atoms with Gasteiger partial charge in [0.1, 0.15) is 0 Å². The average molecular weight is 450 g/mol. The molecule has 1 fully saturated rings. The van der Waals surface area contributed by atoms with Crippen molar-refractivity contribution in [3.05, 3.63) is 0 Å². The summed E-state index contributed by atoms with van der Waals surface area (Å²) in [6.45, 7) is 0. The van der Waals surface area contributed by atoms with Gasteiger partial charge in [0, 0.05) is 0 Å². The fraction of sp³-hybridized carbons (Fsp3) is 1.00. The van der Waals surface area contributed by atoms with E-state index in [0.29, 0.717) is 0 Å². The third-order valence-electron chi connectivity index (χ3n) is 2.09. The van der Waals surface area contributed by atoms with Gasteiger partial charge in [0.25, 0.3) is 0 Å². The summed E-state index contributed by atoms with van der Waals surface area (Å²) in [5.41, 5.74) is 13.7. The van der Waals surface area contributed by atoms with Gasteiger partial charge in [0.05, 0.1) is 0 Å². The van der Waals surface area contributed by atoms with Crippen LogP contribution in [0.2, 0.25) is 28.6 Å². The Morgan fingerprint density at radius 1 is 0.400 bits per heavy atom. The fourth-order valence-electron chi connectivity index (χ4n) is 0.937. The predicted molar refractivity (Wildman–Crippen MR) is 58.1 cm³/mol. The Kier molecular flexibility index (Phi) is 4.72. The molecule has 1 heterocycles. The van der Waals surface area contributed by atoms with Gasteiger partial charge in [0.15, 0.2) is 0 Å². The standard InChI is InChI=1S/C5H15As5/c1-6-7(2)9(4)10(5)8(6)3/h1-5H3. The number of hydrogen-bond acceptors (Lipinski definition) is 0. The van der Waals surface area contributed by atoms with E-state index in [1.165, 1.54) is 0 Å². The summed E-state index contributed by atoms with van der Waals surface area (Å²) in [6, 6.07) is 0. The first-order valence-electron chi connectivity index (χ1n) is 3.24. The van der Waals surface area contributed by atoms with E-state index in [1.807, 2.05) is 0 Å². The normalized spacial score (nSPS) is 55.5. The van der Waals surface area contributed by atoms with Crippen LogP contribution in [0.3, 0.4) is 0 Å². The van der Waals surface area contributed by atoms with Gasteiger partial charge in [-0.1, -0.05) is 0 Å². The van der Waals surface area contributed by atoms with E-state index in [-0.39, 0.29) is 52.6 Å². The van der Waals surface area contributed by atoms with Crippen LogP contribution in [-0.4, -0.2) is 52.6 Å². The zero-order valence-corrected chi connectivity index (χ0v) is 16.6. The van der Waals surface area contributed by atoms with Gasteiger partial charge < -0.3 is 0 Å². The van der Waals surface area contributed by atoms with E-state index in [9.17, 15) is 0 Å². The maximum absolute atomic E-state index is 2.75. The van der Waals surface area contributed by atoms with Crippen molar-refractivity contribution >= 4 is 52.6 Å². The first kappa shape index (κ1) is 10.9. The third kappa shape index (κ3) is 1.99. The Balaban J connectivity index is 2.68. The monoisotopic (exact) mass is 450 g/mol. The molecule has 0 unspecified atom stereocenters. The molecule has 1 saturated heterocycles. The van der Waals surface area contributed by atoms with E-state index in [1.54, 1.807) is 0 Å². The second kappa shape index (κ2) is 4.34. The van der Waals surface area contributed by atoms with Gasteiger partial charge >= 0.3 is 81.2 Å². The molecule has 0 amide bonds. The van der Waals surface area contributed by atoms with E-state index >= 15 is 0 Å². The van der Waals surface area contributed by atoms with Crippen LogP contribution in [0.25, 0.3) is 0 Å². The van der Waals surface area contributed by atoms with Crippen LogP contribution >= 0.6 is 0 Å². The third-order valence-corrected chi connectivity index (χ3v) is 298. The molecule has 1 aliphatic heterocycles. The topological polar surface area (TPSA) is 0 Å². The van der Waals surface area contributed by atoms with Gasteiger partial charge in [-0.05, 0) is 0 Å². The second-order valence-corrected chi connectivity index (χ2v) is 117. The molecule has 60 valence electrons. The van der Waals surface area contributed by atoms with Crippen LogP contribution in [0.1, 0.15) is 0 Å². The number of hydrogen-bond donors (Lipinski definition) is 0. The van der Waals surface area contributed by atoms with E-state index in [0.717, 1.165) is 0 Å². The quantitative estimate of drug-likeness (QED) is 0.485. The molecule has 1 aliphatic rings. The summed E-state index contributed by atoms with van der Waals surface area (Å²) in [4.78, 5) is 0. The predicted octanol–water partition coefficient (Wildman–Crippen LogP) is 1.01. The average Bonchev–Trinajstić information content (AvgIpc) is 2.07. The Morgan fingerprint density at radius 3 is 0.600 bits per heavy atom. The summed E-state index contributed by atoms with van der Waals surface area (Å²) >= 11 is 0. The molecular formula is C5H15As5. The van der Waals surface area contributed by atoms with Crippen molar-refractivity contribution in [1.82, 2.24) is 0 Å². The van der Waals surface area contributed by atoms with Crippen LogP contribution in [0.15, 0.2) is 0 Å². The maximum atomic E-state index is 2.75. The molecule has 0 spiro atoms. The van der Waals surface area contributed by atoms with Crippen LogP contribution in [0, 0.1) is 0 Å². The van der Waals surface area contributed by atoms with Crippen molar-refractivity contribution in [1.29, 1.82) is 0 Å². The SMILES string of the molecule is C[As]1[As](C)[As](C)[As](C)[As]1C. The van der Waals surface area contributed by atoms with Crippen molar-refractivity contribution in [2.45, 2.75) is 28.6 Å². The molecule has 10 heavy (non-hydrogen) atoms. The summed E-state index contributed by atoms with van der Waals surface area (Å²) in [6.07, 6.45) is 0. The summed E-state index contributed by atoms with van der Waals surface area (Å²) in [5.74, 6) is 0. The van der Waals surface area contributed by atoms with Crippen molar-refractivity contribution in [2.75, 3.05) is 0 Å². The van der Waals surface area contributed by atoms with Gasteiger partial charge in [-0.25, -0.2) is 0 Å². The summed E-state index contributed by atoms with van der Waals surface area (Å²) in [7, 11) is 0.0174. The molecule has 0 aromatic heterocycles. The van der Waals surface area contributed by atoms with Crippen LogP contribution in [0.4, 0.5) is 0 Å². The van der Waals surface area contributed by atoms with Crippen molar-refractivity contribution < 1.29 is 0 Å². The minimum atomic E-state index is 0.00347. The Morgan fingerprint density at radius 2 is 0.500 bits per heavy atom. The van der Waals surface area contributed by atoms with Crippen LogP contribution in [-0.2, 0) is 0 Å². The summed E-state index contributed by atoms with van der Waals surface area (Å²) < 4.78 is 0. The van der Waals surface area contributed by atoms with Crippen molar-refractivity contribution in [3.8, 4) is 0 Å². The van der Waals surface area contributed by atoms with Gasteiger partial charge in [-0.3, -0.25) is 0 Å². The molecule has 5 heteroatoms. The molecule has 0 nitrogen and oxygen atoms in total. The Hall–Kier alpha value is 2.79. The fourth-order valence-corrected chi connectivity index (χ4v) is 693. The zero-order chi connectivity index (χ0) is 7.89. The molecular weight excluding hydrogens is 435 g/mol. The zero-order valence-electron chi connectivity index (χ0n) is 7.24. The first-order chi connectivity index (χ1) is 4.55. The van der Waals surface area contributed by atoms with Gasteiger partial charge in [-0.15, -0.1) is 0 Å². The molecule has 0 N–H and O–H groups in total. The molecule has 0 bridgehead atoms. The molecule has 0 saturated carbocycles. The second-order valence-electron chi connectivity index (χ2n) is 2.45. The van der Waals surface area contributed by atoms with E-state index in [2.05, 4.69) is 28.6 Å². The molecule has 0 aromatic carbocycles. The molecule has 0 atom stereocenters. The molecule has 0 radical (unpaired) electrons. The van der Waals surface area contributed by atoms with E-state index < -0.39 is 0 Å². The van der Waals surface area contributed by atoms with Crippen LogP contribution < -0.4 is 0 Å². The number of rotatable bonds is 0. The van der Waals surface area contributed by atoms with Crippen molar-refractivity contribution in [3.63, 3.8) is 0 Å².